The van der Waals surface area contributed by atoms with Crippen LogP contribution in [0.3, 0.4) is 0 Å². The molecule has 0 aliphatic heterocycles. The summed E-state index contributed by atoms with van der Waals surface area (Å²) in [4.78, 5) is 14.4. The Morgan fingerprint density at radius 3 is 3.00 bits per heavy atom. The van der Waals surface area contributed by atoms with Gasteiger partial charge in [-0.05, 0) is 12.1 Å². The number of carbonyl (C=O) groups excluding carboxylic acids is 1. The zero-order valence-electron chi connectivity index (χ0n) is 5.41. The number of halogens is 1. The van der Waals surface area contributed by atoms with Crippen LogP contribution in [0.1, 0.15) is 10.5 Å². The van der Waals surface area contributed by atoms with Gasteiger partial charge < -0.3 is 0 Å². The van der Waals surface area contributed by atoms with Crippen molar-refractivity contribution in [3.05, 3.63) is 28.5 Å². The molecule has 1 rings (SSSR count). The van der Waals surface area contributed by atoms with Crippen molar-refractivity contribution in [2.75, 3.05) is 0 Å². The average molecular weight is 217 g/mol. The van der Waals surface area contributed by atoms with Crippen LogP contribution in [0, 0.1) is 0 Å². The van der Waals surface area contributed by atoms with Crippen LogP contribution in [0.15, 0.2) is 22.8 Å². The maximum Gasteiger partial charge on any atom is 0.293 e. The second-order valence-electron chi connectivity index (χ2n) is 1.80. The zero-order chi connectivity index (χ0) is 8.27. The summed E-state index contributed by atoms with van der Waals surface area (Å²) in [5.74, 6) is -0.619. The monoisotopic (exact) mass is 216 g/mol. The molecule has 0 saturated carbocycles. The van der Waals surface area contributed by atoms with E-state index in [1.807, 2.05) is 0 Å². The molecule has 0 radical (unpaired) electrons. The molecule has 11 heavy (non-hydrogen) atoms. The van der Waals surface area contributed by atoms with Crippen LogP contribution in [0.4, 0.5) is 0 Å². The number of nitrogens with zero attached hydrogens (tertiary/aromatic N) is 1. The summed E-state index contributed by atoms with van der Waals surface area (Å²) in [6, 6.07) is 3.19. The predicted molar refractivity (Wildman–Crippen MR) is 41.2 cm³/mol. The summed E-state index contributed by atoms with van der Waals surface area (Å²) < 4.78 is 0.742. The molecule has 1 aromatic heterocycles. The van der Waals surface area contributed by atoms with Gasteiger partial charge in [-0.2, -0.15) is 0 Å². The Bertz CT molecular complexity index is 277. The van der Waals surface area contributed by atoms with Gasteiger partial charge in [0.05, 0.1) is 0 Å². The number of hydrogen-bond donors (Lipinski definition) is 2. The van der Waals surface area contributed by atoms with E-state index in [0.29, 0.717) is 0 Å². The number of aromatic nitrogens is 1. The fourth-order valence-electron chi connectivity index (χ4n) is 0.586. The van der Waals surface area contributed by atoms with Crippen molar-refractivity contribution in [2.24, 2.45) is 0 Å². The summed E-state index contributed by atoms with van der Waals surface area (Å²) in [5.41, 5.74) is 1.65. The van der Waals surface area contributed by atoms with Crippen LogP contribution in [0.25, 0.3) is 0 Å². The lowest BCUT2D eigenvalue weighted by Gasteiger charge is -1.96. The van der Waals surface area contributed by atoms with Gasteiger partial charge in [-0.3, -0.25) is 15.0 Å². The Balaban J connectivity index is 2.96. The highest BCUT2D eigenvalue weighted by Crippen LogP contribution is 2.08. The average Bonchev–Trinajstić information content (AvgIpc) is 2.03. The van der Waals surface area contributed by atoms with Crippen molar-refractivity contribution in [3.8, 4) is 0 Å². The van der Waals surface area contributed by atoms with Gasteiger partial charge >= 0.3 is 0 Å². The molecule has 0 aromatic carbocycles. The molecule has 58 valence electrons. The lowest BCUT2D eigenvalue weighted by Crippen LogP contribution is -2.19. The van der Waals surface area contributed by atoms with Crippen LogP contribution in [0.5, 0.6) is 0 Å². The third-order valence-electron chi connectivity index (χ3n) is 1.06. The van der Waals surface area contributed by atoms with Crippen molar-refractivity contribution >= 4 is 21.8 Å². The minimum atomic E-state index is -0.619. The number of hydrogen-bond acceptors (Lipinski definition) is 3. The molecule has 0 bridgehead atoms. The Hall–Kier alpha value is -0.940. The van der Waals surface area contributed by atoms with Crippen LogP contribution < -0.4 is 5.48 Å². The van der Waals surface area contributed by atoms with Crippen molar-refractivity contribution in [1.82, 2.24) is 10.5 Å². The zero-order valence-corrected chi connectivity index (χ0v) is 7.00. The lowest BCUT2D eigenvalue weighted by atomic mass is 10.3. The third-order valence-corrected chi connectivity index (χ3v) is 1.55. The van der Waals surface area contributed by atoms with Crippen LogP contribution in [-0.4, -0.2) is 16.1 Å². The van der Waals surface area contributed by atoms with Gasteiger partial charge in [-0.1, -0.05) is 15.9 Å². The number of pyridine rings is 1. The lowest BCUT2D eigenvalue weighted by molar-refractivity contribution is 0.0700. The largest absolute Gasteiger partial charge is 0.293 e. The van der Waals surface area contributed by atoms with Crippen LogP contribution >= 0.6 is 15.9 Å². The number of nitrogens with one attached hydrogen (secondary N) is 1. The Morgan fingerprint density at radius 1 is 1.73 bits per heavy atom. The highest BCUT2D eigenvalue weighted by atomic mass is 79.9. The molecule has 1 amide bonds. The van der Waals surface area contributed by atoms with E-state index < -0.39 is 5.91 Å². The number of carbonyl (C=O) groups is 1. The molecule has 0 fully saturated rings. The number of rotatable bonds is 1. The van der Waals surface area contributed by atoms with Gasteiger partial charge in [-0.15, -0.1) is 0 Å². The van der Waals surface area contributed by atoms with E-state index in [4.69, 9.17) is 5.21 Å². The SMILES string of the molecule is O=C(NO)c1cc(Br)ccn1. The van der Waals surface area contributed by atoms with E-state index in [1.165, 1.54) is 17.7 Å². The molecule has 2 N–H and O–H groups in total. The fourth-order valence-corrected chi connectivity index (χ4v) is 0.921. The summed E-state index contributed by atoms with van der Waals surface area (Å²) >= 11 is 3.16. The molecule has 1 heterocycles. The molecule has 0 spiro atoms. The first-order valence-corrected chi connectivity index (χ1v) is 3.59. The van der Waals surface area contributed by atoms with E-state index in [2.05, 4.69) is 20.9 Å². The van der Waals surface area contributed by atoms with Gasteiger partial charge in [0.1, 0.15) is 5.69 Å². The highest BCUT2D eigenvalue weighted by molar-refractivity contribution is 9.10. The fraction of sp³-hybridized carbons (Fsp3) is 0. The van der Waals surface area contributed by atoms with E-state index in [1.54, 1.807) is 6.07 Å². The standard InChI is InChI=1S/C6H5BrN2O2/c7-4-1-2-8-5(3-4)6(10)9-11/h1-3,11H,(H,9,10). The molecular formula is C6H5BrN2O2. The first-order valence-electron chi connectivity index (χ1n) is 2.80. The molecule has 1 aromatic rings. The molecular weight excluding hydrogens is 212 g/mol. The van der Waals surface area contributed by atoms with Gasteiger partial charge in [-0.25, -0.2) is 5.48 Å². The molecule has 0 atom stereocenters. The summed E-state index contributed by atoms with van der Waals surface area (Å²) in [7, 11) is 0. The second-order valence-corrected chi connectivity index (χ2v) is 2.72. The molecule has 0 aliphatic rings. The van der Waals surface area contributed by atoms with Crippen molar-refractivity contribution in [1.29, 1.82) is 0 Å². The van der Waals surface area contributed by atoms with Crippen molar-refractivity contribution in [2.45, 2.75) is 0 Å². The summed E-state index contributed by atoms with van der Waals surface area (Å²) in [5, 5.41) is 8.22. The normalized spacial score (nSPS) is 9.27. The Labute approximate surface area is 71.3 Å². The van der Waals surface area contributed by atoms with Crippen LogP contribution in [-0.2, 0) is 0 Å². The molecule has 0 saturated heterocycles. The van der Waals surface area contributed by atoms with Crippen molar-refractivity contribution in [3.63, 3.8) is 0 Å². The van der Waals surface area contributed by atoms with Crippen LogP contribution in [0.2, 0.25) is 0 Å². The minimum absolute atomic E-state index is 0.168. The topological polar surface area (TPSA) is 62.2 Å². The number of hydroxylamine groups is 1. The maximum atomic E-state index is 10.7. The van der Waals surface area contributed by atoms with E-state index in [9.17, 15) is 4.79 Å². The van der Waals surface area contributed by atoms with Gasteiger partial charge in [0, 0.05) is 10.7 Å². The quantitative estimate of drug-likeness (QED) is 0.544. The van der Waals surface area contributed by atoms with Gasteiger partial charge in [0.2, 0.25) is 0 Å². The molecule has 0 aliphatic carbocycles. The second kappa shape index (κ2) is 3.45. The molecule has 4 nitrogen and oxygen atoms in total. The van der Waals surface area contributed by atoms with E-state index in [0.717, 1.165) is 4.47 Å². The maximum absolute atomic E-state index is 10.7. The number of amides is 1. The summed E-state index contributed by atoms with van der Waals surface area (Å²) in [6.07, 6.45) is 1.47. The van der Waals surface area contributed by atoms with Gasteiger partial charge in [0.25, 0.3) is 5.91 Å². The summed E-state index contributed by atoms with van der Waals surface area (Å²) in [6.45, 7) is 0. The molecule has 5 heteroatoms. The predicted octanol–water partition coefficient (Wildman–Crippen LogP) is 0.963. The first kappa shape index (κ1) is 8.16. The smallest absolute Gasteiger partial charge is 0.288 e. The first-order chi connectivity index (χ1) is 5.24. The third kappa shape index (κ3) is 1.99. The van der Waals surface area contributed by atoms with E-state index >= 15 is 0 Å². The Kier molecular flexibility index (Phi) is 2.56. The van der Waals surface area contributed by atoms with Crippen molar-refractivity contribution < 1.29 is 10.0 Å². The Morgan fingerprint density at radius 2 is 2.45 bits per heavy atom. The van der Waals surface area contributed by atoms with E-state index in [-0.39, 0.29) is 5.69 Å². The molecule has 0 unspecified atom stereocenters. The minimum Gasteiger partial charge on any atom is -0.288 e. The highest BCUT2D eigenvalue weighted by Gasteiger charge is 2.04. The van der Waals surface area contributed by atoms with Gasteiger partial charge in [0.15, 0.2) is 0 Å².